The van der Waals surface area contributed by atoms with Crippen LogP contribution in [0.25, 0.3) is 0 Å². The fraction of sp³-hybridized carbons (Fsp3) is 0.680. The van der Waals surface area contributed by atoms with Gasteiger partial charge in [-0.1, -0.05) is 23.7 Å². The van der Waals surface area contributed by atoms with Gasteiger partial charge in [0.15, 0.2) is 0 Å². The molecular formula is C25H39ClN4O5. The number of likely N-dealkylation sites (tertiary alicyclic amines) is 1. The normalized spacial score (nSPS) is 20.7. The minimum Gasteiger partial charge on any atom is -0.465 e. The largest absolute Gasteiger partial charge is 0.465 e. The van der Waals surface area contributed by atoms with Crippen LogP contribution in [0, 0.1) is 11.8 Å². The molecule has 2 saturated heterocycles. The van der Waals surface area contributed by atoms with Gasteiger partial charge < -0.3 is 35.4 Å². The van der Waals surface area contributed by atoms with E-state index in [4.69, 9.17) is 26.2 Å². The van der Waals surface area contributed by atoms with Gasteiger partial charge in [-0.05, 0) is 62.8 Å². The highest BCUT2D eigenvalue weighted by Crippen LogP contribution is 2.34. The van der Waals surface area contributed by atoms with E-state index in [0.29, 0.717) is 24.0 Å². The second-order valence-electron chi connectivity index (χ2n) is 9.42. The molecular weight excluding hydrogens is 472 g/mol. The summed E-state index contributed by atoms with van der Waals surface area (Å²) in [6, 6.07) is 7.58. The predicted octanol–water partition coefficient (Wildman–Crippen LogP) is 3.49. The van der Waals surface area contributed by atoms with E-state index in [-0.39, 0.29) is 37.2 Å². The summed E-state index contributed by atoms with van der Waals surface area (Å²) in [7, 11) is 1.91. The zero-order valence-corrected chi connectivity index (χ0v) is 21.3. The summed E-state index contributed by atoms with van der Waals surface area (Å²) in [5, 5.41) is 18.3. The molecule has 196 valence electrons. The molecule has 3 rings (SSSR count). The first-order valence-corrected chi connectivity index (χ1v) is 13.0. The second-order valence-corrected chi connectivity index (χ2v) is 9.86. The maximum absolute atomic E-state index is 13.2. The fourth-order valence-corrected chi connectivity index (χ4v) is 5.26. The van der Waals surface area contributed by atoms with Gasteiger partial charge in [-0.25, -0.2) is 9.59 Å². The van der Waals surface area contributed by atoms with Crippen molar-refractivity contribution in [2.45, 2.75) is 44.2 Å². The number of amides is 3. The molecule has 2 heterocycles. The number of piperidine rings is 1. The number of nitrogens with one attached hydrogen (secondary N) is 3. The van der Waals surface area contributed by atoms with Crippen LogP contribution in [0.5, 0.6) is 0 Å². The third-order valence-corrected chi connectivity index (χ3v) is 7.00. The average molecular weight is 511 g/mol. The van der Waals surface area contributed by atoms with Gasteiger partial charge in [-0.3, -0.25) is 0 Å². The summed E-state index contributed by atoms with van der Waals surface area (Å²) in [5.74, 6) is 0.646. The average Bonchev–Trinajstić information content (AvgIpc) is 2.84. The van der Waals surface area contributed by atoms with Crippen molar-refractivity contribution in [3.63, 3.8) is 0 Å². The molecule has 2 aliphatic heterocycles. The molecule has 35 heavy (non-hydrogen) atoms. The number of halogens is 1. The number of carboxylic acid groups (broad SMARTS) is 1. The summed E-state index contributed by atoms with van der Waals surface area (Å²) >= 11 is 6.24. The van der Waals surface area contributed by atoms with Crippen LogP contribution in [-0.2, 0) is 9.47 Å². The summed E-state index contributed by atoms with van der Waals surface area (Å²) in [6.07, 6.45) is 3.45. The van der Waals surface area contributed by atoms with E-state index in [1.165, 1.54) is 0 Å². The van der Waals surface area contributed by atoms with Crippen molar-refractivity contribution in [3.05, 3.63) is 34.9 Å². The molecule has 2 fully saturated rings. The van der Waals surface area contributed by atoms with Crippen LogP contribution in [-0.4, -0.2) is 81.2 Å². The smallest absolute Gasteiger partial charge is 0.404 e. The van der Waals surface area contributed by atoms with Gasteiger partial charge >= 0.3 is 12.1 Å². The second kappa shape index (κ2) is 14.5. The lowest BCUT2D eigenvalue weighted by atomic mass is 9.88. The lowest BCUT2D eigenvalue weighted by molar-refractivity contribution is -0.00855. The molecule has 0 aliphatic carbocycles. The van der Waals surface area contributed by atoms with Crippen molar-refractivity contribution in [2.24, 2.45) is 11.8 Å². The molecule has 0 radical (unpaired) electrons. The molecule has 3 amide bonds. The number of urea groups is 1. The highest BCUT2D eigenvalue weighted by atomic mass is 35.5. The number of likely N-dealkylation sites (N-methyl/N-ethyl adjacent to an activating group) is 1. The Morgan fingerprint density at radius 3 is 2.80 bits per heavy atom. The van der Waals surface area contributed by atoms with Crippen LogP contribution in [0.3, 0.4) is 0 Å². The van der Waals surface area contributed by atoms with Crippen molar-refractivity contribution in [3.8, 4) is 0 Å². The lowest BCUT2D eigenvalue weighted by Gasteiger charge is -2.38. The SMILES string of the molecule is CNCC(CC1CCOCC1)NC(=O)N1CCCC(C(OCCNC(=O)O)c2cccc(Cl)c2)C1. The molecule has 0 spiro atoms. The summed E-state index contributed by atoms with van der Waals surface area (Å²) in [4.78, 5) is 25.9. The number of nitrogens with zero attached hydrogens (tertiary/aromatic N) is 1. The molecule has 3 atom stereocenters. The Balaban J connectivity index is 1.62. The molecule has 1 aromatic rings. The van der Waals surface area contributed by atoms with Crippen LogP contribution in [0.4, 0.5) is 9.59 Å². The van der Waals surface area contributed by atoms with E-state index in [2.05, 4.69) is 16.0 Å². The number of benzene rings is 1. The molecule has 0 aromatic heterocycles. The Kier molecular flexibility index (Phi) is 11.4. The molecule has 0 bridgehead atoms. The van der Waals surface area contributed by atoms with E-state index in [0.717, 1.165) is 57.4 Å². The van der Waals surface area contributed by atoms with Gasteiger partial charge in [0, 0.05) is 56.4 Å². The minimum absolute atomic E-state index is 0.0422. The number of carbonyl (C=O) groups excluding carboxylic acids is 1. The Morgan fingerprint density at radius 2 is 2.09 bits per heavy atom. The summed E-state index contributed by atoms with van der Waals surface area (Å²) in [5.41, 5.74) is 0.938. The topological polar surface area (TPSA) is 112 Å². The number of ether oxygens (including phenoxy) is 2. The van der Waals surface area contributed by atoms with E-state index < -0.39 is 6.09 Å². The van der Waals surface area contributed by atoms with E-state index in [9.17, 15) is 9.59 Å². The first kappa shape index (κ1) is 27.5. The zero-order valence-electron chi connectivity index (χ0n) is 20.5. The Hall–Kier alpha value is -2.07. The van der Waals surface area contributed by atoms with Crippen LogP contribution >= 0.6 is 11.6 Å². The highest BCUT2D eigenvalue weighted by molar-refractivity contribution is 6.30. The molecule has 2 aliphatic rings. The Bertz CT molecular complexity index is 808. The van der Waals surface area contributed by atoms with Crippen LogP contribution in [0.1, 0.15) is 43.8 Å². The van der Waals surface area contributed by atoms with E-state index in [1.54, 1.807) is 0 Å². The standard InChI is InChI=1S/C25H39ClN4O5/c1-27-16-22(14-18-7-11-34-12-8-18)29-24(31)30-10-3-5-20(17-30)23(35-13-9-28-25(32)33)19-4-2-6-21(26)15-19/h2,4,6,15,18,20,22-23,27-28H,3,5,7-14,16-17H2,1H3,(H,29,31)(H,32,33). The van der Waals surface area contributed by atoms with Gasteiger partial charge in [-0.15, -0.1) is 0 Å². The maximum Gasteiger partial charge on any atom is 0.404 e. The summed E-state index contributed by atoms with van der Waals surface area (Å²) in [6.45, 7) is 4.03. The Morgan fingerprint density at radius 1 is 1.29 bits per heavy atom. The predicted molar refractivity (Wildman–Crippen MR) is 135 cm³/mol. The van der Waals surface area contributed by atoms with E-state index >= 15 is 0 Å². The maximum atomic E-state index is 13.2. The van der Waals surface area contributed by atoms with Gasteiger partial charge in [-0.2, -0.15) is 0 Å². The third-order valence-electron chi connectivity index (χ3n) is 6.76. The monoisotopic (exact) mass is 510 g/mol. The van der Waals surface area contributed by atoms with Crippen LogP contribution in [0.2, 0.25) is 5.02 Å². The minimum atomic E-state index is -1.08. The van der Waals surface area contributed by atoms with Gasteiger partial charge in [0.25, 0.3) is 0 Å². The van der Waals surface area contributed by atoms with Crippen LogP contribution in [0.15, 0.2) is 24.3 Å². The zero-order chi connectivity index (χ0) is 25.0. The summed E-state index contributed by atoms with van der Waals surface area (Å²) < 4.78 is 11.6. The molecule has 0 saturated carbocycles. The van der Waals surface area contributed by atoms with Crippen molar-refractivity contribution in [1.82, 2.24) is 20.9 Å². The van der Waals surface area contributed by atoms with Gasteiger partial charge in [0.05, 0.1) is 12.7 Å². The number of hydrogen-bond acceptors (Lipinski definition) is 5. The molecule has 9 nitrogen and oxygen atoms in total. The molecule has 10 heteroatoms. The van der Waals surface area contributed by atoms with Gasteiger partial charge in [0.1, 0.15) is 0 Å². The first-order valence-electron chi connectivity index (χ1n) is 12.6. The van der Waals surface area contributed by atoms with E-state index in [1.807, 2.05) is 36.2 Å². The van der Waals surface area contributed by atoms with Crippen molar-refractivity contribution >= 4 is 23.7 Å². The molecule has 4 N–H and O–H groups in total. The number of carbonyl (C=O) groups is 2. The van der Waals surface area contributed by atoms with Crippen molar-refractivity contribution in [2.75, 3.05) is 53.0 Å². The third kappa shape index (κ3) is 9.14. The van der Waals surface area contributed by atoms with Crippen molar-refractivity contribution in [1.29, 1.82) is 0 Å². The quantitative estimate of drug-likeness (QED) is 0.339. The first-order chi connectivity index (χ1) is 17.0. The number of hydrogen-bond donors (Lipinski definition) is 4. The Labute approximate surface area is 212 Å². The lowest BCUT2D eigenvalue weighted by Crippen LogP contribution is -2.52. The highest BCUT2D eigenvalue weighted by Gasteiger charge is 2.32. The van der Waals surface area contributed by atoms with Gasteiger partial charge in [0.2, 0.25) is 0 Å². The van der Waals surface area contributed by atoms with Crippen molar-refractivity contribution < 1.29 is 24.2 Å². The molecule has 3 unspecified atom stereocenters. The van der Waals surface area contributed by atoms with Crippen LogP contribution < -0.4 is 16.0 Å². The molecule has 1 aromatic carbocycles. The fourth-order valence-electron chi connectivity index (χ4n) is 5.06. The number of rotatable bonds is 11.